The summed E-state index contributed by atoms with van der Waals surface area (Å²) in [5.41, 5.74) is 3.14. The van der Waals surface area contributed by atoms with Gasteiger partial charge in [0.15, 0.2) is 0 Å². The van der Waals surface area contributed by atoms with Crippen LogP contribution in [0.2, 0.25) is 0 Å². The molecule has 0 atom stereocenters. The number of nitrogens with one attached hydrogen (secondary N) is 1. The molecule has 0 saturated heterocycles. The van der Waals surface area contributed by atoms with Gasteiger partial charge in [0.25, 0.3) is 0 Å². The molecule has 0 aromatic heterocycles. The molecule has 15 heavy (non-hydrogen) atoms. The summed E-state index contributed by atoms with van der Waals surface area (Å²) in [5.74, 6) is 0.997. The average molecular weight is 203 g/mol. The number of ether oxygens (including phenoxy) is 1. The summed E-state index contributed by atoms with van der Waals surface area (Å²) in [5, 5.41) is 3.53. The van der Waals surface area contributed by atoms with Gasteiger partial charge in [0.05, 0.1) is 12.8 Å². The van der Waals surface area contributed by atoms with E-state index in [1.165, 1.54) is 36.9 Å². The van der Waals surface area contributed by atoms with E-state index in [-0.39, 0.29) is 0 Å². The van der Waals surface area contributed by atoms with Crippen molar-refractivity contribution in [2.45, 2.75) is 31.1 Å². The largest absolute Gasteiger partial charge is 0.495 e. The highest BCUT2D eigenvalue weighted by atomic mass is 16.5. The van der Waals surface area contributed by atoms with E-state index in [9.17, 15) is 0 Å². The van der Waals surface area contributed by atoms with Crippen molar-refractivity contribution in [3.8, 4) is 5.75 Å². The maximum atomic E-state index is 5.40. The molecule has 2 aliphatic rings. The lowest BCUT2D eigenvalue weighted by Gasteiger charge is -2.22. The van der Waals surface area contributed by atoms with Crippen LogP contribution in [0.25, 0.3) is 0 Å². The van der Waals surface area contributed by atoms with Gasteiger partial charge < -0.3 is 10.1 Å². The summed E-state index contributed by atoms with van der Waals surface area (Å²) in [4.78, 5) is 0. The lowest BCUT2D eigenvalue weighted by atomic mass is 9.81. The fourth-order valence-electron chi connectivity index (χ4n) is 3.18. The molecule has 0 unspecified atom stereocenters. The predicted molar refractivity (Wildman–Crippen MR) is 61.6 cm³/mol. The quantitative estimate of drug-likeness (QED) is 0.757. The maximum absolute atomic E-state index is 5.40. The van der Waals surface area contributed by atoms with E-state index in [1.54, 1.807) is 7.11 Å². The van der Waals surface area contributed by atoms with Gasteiger partial charge in [-0.05, 0) is 24.5 Å². The Kier molecular flexibility index (Phi) is 1.91. The second kappa shape index (κ2) is 3.16. The summed E-state index contributed by atoms with van der Waals surface area (Å²) < 4.78 is 5.40. The van der Waals surface area contributed by atoms with E-state index in [0.29, 0.717) is 5.41 Å². The fraction of sp³-hybridized carbons (Fsp3) is 0.538. The molecule has 1 aliphatic heterocycles. The third-order valence-electron chi connectivity index (χ3n) is 3.98. The minimum Gasteiger partial charge on any atom is -0.495 e. The van der Waals surface area contributed by atoms with Crippen LogP contribution in [0.1, 0.15) is 31.2 Å². The number of fused-ring (bicyclic) bond motifs is 2. The van der Waals surface area contributed by atoms with Gasteiger partial charge in [0.2, 0.25) is 0 Å². The average Bonchev–Trinajstić information content (AvgIpc) is 2.89. The van der Waals surface area contributed by atoms with Crippen LogP contribution in [-0.4, -0.2) is 13.7 Å². The normalized spacial score (nSPS) is 21.4. The smallest absolute Gasteiger partial charge is 0.142 e. The zero-order chi connectivity index (χ0) is 10.3. The van der Waals surface area contributed by atoms with E-state index >= 15 is 0 Å². The third-order valence-corrected chi connectivity index (χ3v) is 3.98. The number of rotatable bonds is 1. The molecule has 2 heteroatoms. The topological polar surface area (TPSA) is 21.3 Å². The number of methoxy groups -OCH3 is 1. The van der Waals surface area contributed by atoms with Crippen molar-refractivity contribution in [2.24, 2.45) is 0 Å². The van der Waals surface area contributed by atoms with Crippen LogP contribution in [0, 0.1) is 0 Å². The molecule has 80 valence electrons. The van der Waals surface area contributed by atoms with Crippen molar-refractivity contribution in [1.82, 2.24) is 0 Å². The molecule has 1 aliphatic carbocycles. The first-order valence-corrected chi connectivity index (χ1v) is 5.77. The van der Waals surface area contributed by atoms with Crippen LogP contribution >= 0.6 is 0 Å². The predicted octanol–water partition coefficient (Wildman–Crippen LogP) is 2.93. The molecule has 1 aromatic carbocycles. The Morgan fingerprint density at radius 2 is 2.07 bits per heavy atom. The summed E-state index contributed by atoms with van der Waals surface area (Å²) in [7, 11) is 1.75. The summed E-state index contributed by atoms with van der Waals surface area (Å²) in [6.45, 7) is 1.10. The fourth-order valence-corrected chi connectivity index (χ4v) is 3.18. The van der Waals surface area contributed by atoms with E-state index in [2.05, 4.69) is 17.4 Å². The highest BCUT2D eigenvalue weighted by Crippen LogP contribution is 2.50. The van der Waals surface area contributed by atoms with Gasteiger partial charge in [0.1, 0.15) is 5.75 Å². The molecule has 3 rings (SSSR count). The summed E-state index contributed by atoms with van der Waals surface area (Å²) in [6.07, 6.45) is 5.41. The van der Waals surface area contributed by atoms with E-state index in [4.69, 9.17) is 4.74 Å². The molecule has 1 heterocycles. The molecule has 2 nitrogen and oxygen atoms in total. The van der Waals surface area contributed by atoms with Gasteiger partial charge in [-0.1, -0.05) is 25.0 Å². The van der Waals surface area contributed by atoms with Crippen LogP contribution < -0.4 is 10.1 Å². The lowest BCUT2D eigenvalue weighted by molar-refractivity contribution is 0.416. The summed E-state index contributed by atoms with van der Waals surface area (Å²) in [6, 6.07) is 6.42. The Balaban J connectivity index is 2.10. The van der Waals surface area contributed by atoms with Gasteiger partial charge in [0, 0.05) is 12.0 Å². The van der Waals surface area contributed by atoms with Gasteiger partial charge in [-0.15, -0.1) is 0 Å². The van der Waals surface area contributed by atoms with Crippen molar-refractivity contribution >= 4 is 5.69 Å². The molecular weight excluding hydrogens is 186 g/mol. The Bertz CT molecular complexity index is 380. The molecule has 0 radical (unpaired) electrons. The molecule has 1 fully saturated rings. The summed E-state index contributed by atoms with van der Waals surface area (Å²) >= 11 is 0. The standard InChI is InChI=1S/C13H17NO/c1-15-11-6-4-5-10-12(11)14-9-13(10)7-2-3-8-13/h4-6,14H,2-3,7-9H2,1H3. The Morgan fingerprint density at radius 3 is 2.80 bits per heavy atom. The number of para-hydroxylation sites is 1. The monoisotopic (exact) mass is 203 g/mol. The second-order valence-corrected chi connectivity index (χ2v) is 4.72. The van der Waals surface area contributed by atoms with Crippen LogP contribution in [0.5, 0.6) is 5.75 Å². The number of hydrogen-bond acceptors (Lipinski definition) is 2. The van der Waals surface area contributed by atoms with Gasteiger partial charge in [-0.3, -0.25) is 0 Å². The van der Waals surface area contributed by atoms with E-state index < -0.39 is 0 Å². The van der Waals surface area contributed by atoms with Gasteiger partial charge >= 0.3 is 0 Å². The second-order valence-electron chi connectivity index (χ2n) is 4.72. The van der Waals surface area contributed by atoms with Crippen molar-refractivity contribution in [1.29, 1.82) is 0 Å². The molecule has 1 aromatic rings. The number of benzene rings is 1. The van der Waals surface area contributed by atoms with Crippen LogP contribution in [0.15, 0.2) is 18.2 Å². The Morgan fingerprint density at radius 1 is 1.27 bits per heavy atom. The third kappa shape index (κ3) is 1.17. The van der Waals surface area contributed by atoms with E-state index in [1.807, 2.05) is 6.07 Å². The van der Waals surface area contributed by atoms with Crippen molar-refractivity contribution in [3.05, 3.63) is 23.8 Å². The van der Waals surface area contributed by atoms with Crippen molar-refractivity contribution < 1.29 is 4.74 Å². The minimum atomic E-state index is 0.421. The van der Waals surface area contributed by atoms with Crippen molar-refractivity contribution in [2.75, 3.05) is 19.0 Å². The first-order chi connectivity index (χ1) is 7.36. The molecule has 0 bridgehead atoms. The lowest BCUT2D eigenvalue weighted by Crippen LogP contribution is -2.23. The molecule has 1 saturated carbocycles. The zero-order valence-electron chi connectivity index (χ0n) is 9.18. The SMILES string of the molecule is COc1cccc2c1NCC21CCCC1. The molecule has 1 N–H and O–H groups in total. The minimum absolute atomic E-state index is 0.421. The molecule has 0 amide bonds. The zero-order valence-corrected chi connectivity index (χ0v) is 9.18. The van der Waals surface area contributed by atoms with Gasteiger partial charge in [-0.2, -0.15) is 0 Å². The first kappa shape index (κ1) is 9.08. The van der Waals surface area contributed by atoms with Crippen LogP contribution in [0.4, 0.5) is 5.69 Å². The van der Waals surface area contributed by atoms with E-state index in [0.717, 1.165) is 12.3 Å². The Hall–Kier alpha value is -1.18. The maximum Gasteiger partial charge on any atom is 0.142 e. The number of hydrogen-bond donors (Lipinski definition) is 1. The highest BCUT2D eigenvalue weighted by molar-refractivity contribution is 5.68. The first-order valence-electron chi connectivity index (χ1n) is 5.77. The van der Waals surface area contributed by atoms with Crippen molar-refractivity contribution in [3.63, 3.8) is 0 Å². The molecule has 1 spiro atoms. The van der Waals surface area contributed by atoms with Crippen LogP contribution in [0.3, 0.4) is 0 Å². The van der Waals surface area contributed by atoms with Gasteiger partial charge in [-0.25, -0.2) is 0 Å². The Labute approximate surface area is 90.6 Å². The highest BCUT2D eigenvalue weighted by Gasteiger charge is 2.41. The van der Waals surface area contributed by atoms with Crippen LogP contribution in [-0.2, 0) is 5.41 Å². The molecular formula is C13H17NO. The number of anilines is 1.